The van der Waals surface area contributed by atoms with Gasteiger partial charge in [0.25, 0.3) is 5.91 Å². The smallest absolute Gasteiger partial charge is 0.475 e. The largest absolute Gasteiger partial charge is 0.490 e. The van der Waals surface area contributed by atoms with Crippen LogP contribution in [-0.4, -0.2) is 33.1 Å². The molecule has 0 saturated heterocycles. The second-order valence-corrected chi connectivity index (χ2v) is 4.58. The average molecular weight is 381 g/mol. The molecular weight excluding hydrogens is 372 g/mol. The Balaban J connectivity index is 0.000000381. The first-order valence-corrected chi connectivity index (χ1v) is 6.53. The summed E-state index contributed by atoms with van der Waals surface area (Å²) < 4.78 is 44.7. The van der Waals surface area contributed by atoms with Gasteiger partial charge in [-0.05, 0) is 18.2 Å². The molecule has 0 fully saturated rings. The van der Waals surface area contributed by atoms with E-state index in [4.69, 9.17) is 27.2 Å². The van der Waals surface area contributed by atoms with Crippen molar-refractivity contribution in [2.24, 2.45) is 5.73 Å². The van der Waals surface area contributed by atoms with E-state index >= 15 is 0 Å². The summed E-state index contributed by atoms with van der Waals surface area (Å²) >= 11 is 5.64. The van der Waals surface area contributed by atoms with Gasteiger partial charge in [0.15, 0.2) is 11.5 Å². The lowest BCUT2D eigenvalue weighted by atomic mass is 10.3. The zero-order valence-corrected chi connectivity index (χ0v) is 12.8. The van der Waals surface area contributed by atoms with Gasteiger partial charge < -0.3 is 16.2 Å². The number of alkyl halides is 3. The van der Waals surface area contributed by atoms with E-state index in [1.54, 1.807) is 0 Å². The van der Waals surface area contributed by atoms with Crippen molar-refractivity contribution in [3.63, 3.8) is 0 Å². The van der Waals surface area contributed by atoms with Crippen LogP contribution in [-0.2, 0) is 4.79 Å². The van der Waals surface area contributed by atoms with Crippen LogP contribution in [0.5, 0.6) is 0 Å². The summed E-state index contributed by atoms with van der Waals surface area (Å²) in [6.07, 6.45) is -2.33. The molecule has 0 unspecified atom stereocenters. The third-order valence-electron chi connectivity index (χ3n) is 2.36. The fourth-order valence-corrected chi connectivity index (χ4v) is 1.50. The molecule has 1 amide bonds. The van der Waals surface area contributed by atoms with Gasteiger partial charge in [-0.25, -0.2) is 19.2 Å². The van der Waals surface area contributed by atoms with E-state index in [9.17, 15) is 22.4 Å². The second kappa shape index (κ2) is 8.24. The number of nitrogens with one attached hydrogen (secondary N) is 1. The van der Waals surface area contributed by atoms with Crippen molar-refractivity contribution in [2.75, 3.05) is 5.32 Å². The number of anilines is 2. The third-order valence-corrected chi connectivity index (χ3v) is 2.65. The number of nitrogens with two attached hydrogens (primary N) is 1. The maximum absolute atomic E-state index is 13.0. The monoisotopic (exact) mass is 380 g/mol. The molecule has 25 heavy (non-hydrogen) atoms. The Bertz CT molecular complexity index is 786. The first-order chi connectivity index (χ1) is 11.5. The number of hydrogen-bond donors (Lipinski definition) is 3. The van der Waals surface area contributed by atoms with Gasteiger partial charge >= 0.3 is 12.1 Å². The molecule has 0 atom stereocenters. The van der Waals surface area contributed by atoms with Gasteiger partial charge in [-0.1, -0.05) is 11.6 Å². The fourth-order valence-electron chi connectivity index (χ4n) is 1.32. The van der Waals surface area contributed by atoms with E-state index in [2.05, 4.69) is 15.3 Å². The number of aliphatic carboxylic acids is 1. The third kappa shape index (κ3) is 6.22. The Morgan fingerprint density at radius 3 is 2.24 bits per heavy atom. The number of rotatable bonds is 3. The maximum Gasteiger partial charge on any atom is 0.490 e. The standard InChI is InChI=1S/C11H8ClFN4O.C2HF3O2/c12-7-5-6(1-2-8(7)13)17-11-9(10(14)18)15-3-4-16-11;3-2(4,5)1(6)7/h1-5H,(H2,14,18)(H,16,17);(H,6,7). The van der Waals surface area contributed by atoms with Crippen LogP contribution in [0.2, 0.25) is 5.02 Å². The number of primary amides is 1. The van der Waals surface area contributed by atoms with Crippen LogP contribution in [0.25, 0.3) is 0 Å². The molecule has 0 aliphatic rings. The molecule has 4 N–H and O–H groups in total. The highest BCUT2D eigenvalue weighted by molar-refractivity contribution is 6.31. The van der Waals surface area contributed by atoms with E-state index in [1.807, 2.05) is 0 Å². The first-order valence-electron chi connectivity index (χ1n) is 6.15. The summed E-state index contributed by atoms with van der Waals surface area (Å²) in [5, 5.41) is 9.88. The zero-order valence-electron chi connectivity index (χ0n) is 12.0. The van der Waals surface area contributed by atoms with Gasteiger partial charge in [0.05, 0.1) is 5.02 Å². The van der Waals surface area contributed by atoms with Crippen molar-refractivity contribution >= 4 is 35.0 Å². The van der Waals surface area contributed by atoms with Crippen LogP contribution in [0.15, 0.2) is 30.6 Å². The number of halogens is 5. The molecule has 0 aliphatic carbocycles. The summed E-state index contributed by atoms with van der Waals surface area (Å²) in [4.78, 5) is 27.8. The highest BCUT2D eigenvalue weighted by Crippen LogP contribution is 2.22. The highest BCUT2D eigenvalue weighted by atomic mass is 35.5. The van der Waals surface area contributed by atoms with Crippen LogP contribution in [0.1, 0.15) is 10.5 Å². The average Bonchev–Trinajstić information content (AvgIpc) is 2.51. The van der Waals surface area contributed by atoms with Gasteiger partial charge in [0, 0.05) is 18.1 Å². The highest BCUT2D eigenvalue weighted by Gasteiger charge is 2.38. The first kappa shape index (κ1) is 20.1. The second-order valence-electron chi connectivity index (χ2n) is 4.17. The van der Waals surface area contributed by atoms with Gasteiger partial charge in [-0.15, -0.1) is 0 Å². The number of benzene rings is 1. The zero-order chi connectivity index (χ0) is 19.2. The molecular formula is C13H9ClF4N4O3. The SMILES string of the molecule is NC(=O)c1nccnc1Nc1ccc(F)c(Cl)c1.O=C(O)C(F)(F)F. The Morgan fingerprint density at radius 2 is 1.76 bits per heavy atom. The molecule has 0 saturated carbocycles. The van der Waals surface area contributed by atoms with Gasteiger partial charge in [-0.3, -0.25) is 4.79 Å². The minimum Gasteiger partial charge on any atom is -0.475 e. The molecule has 0 spiro atoms. The number of carbonyl (C=O) groups is 2. The van der Waals surface area contributed by atoms with Crippen LogP contribution in [0.3, 0.4) is 0 Å². The molecule has 0 radical (unpaired) electrons. The van der Waals surface area contributed by atoms with E-state index in [0.29, 0.717) is 5.69 Å². The van der Waals surface area contributed by atoms with Crippen molar-refractivity contribution in [3.05, 3.63) is 47.1 Å². The van der Waals surface area contributed by atoms with E-state index < -0.39 is 23.9 Å². The number of carboxylic acids is 1. The number of nitrogens with zero attached hydrogens (tertiary/aromatic N) is 2. The number of aromatic nitrogens is 2. The van der Waals surface area contributed by atoms with Crippen molar-refractivity contribution in [3.8, 4) is 0 Å². The van der Waals surface area contributed by atoms with Crippen LogP contribution >= 0.6 is 11.6 Å². The summed E-state index contributed by atoms with van der Waals surface area (Å²) in [6.45, 7) is 0. The topological polar surface area (TPSA) is 118 Å². The number of carbonyl (C=O) groups excluding carboxylic acids is 1. The minimum absolute atomic E-state index is 0.00190. The predicted octanol–water partition coefficient (Wildman–Crippen LogP) is 2.74. The van der Waals surface area contributed by atoms with Crippen molar-refractivity contribution in [2.45, 2.75) is 6.18 Å². The predicted molar refractivity (Wildman–Crippen MR) is 78.9 cm³/mol. The molecule has 0 aliphatic heterocycles. The van der Waals surface area contributed by atoms with E-state index in [-0.39, 0.29) is 16.5 Å². The van der Waals surface area contributed by atoms with Gasteiger partial charge in [-0.2, -0.15) is 13.2 Å². The Morgan fingerprint density at radius 1 is 1.20 bits per heavy atom. The molecule has 1 aromatic heterocycles. The number of hydrogen-bond acceptors (Lipinski definition) is 5. The normalized spacial score (nSPS) is 10.4. The van der Waals surface area contributed by atoms with Gasteiger partial charge in [0.1, 0.15) is 5.82 Å². The van der Waals surface area contributed by atoms with E-state index in [1.165, 1.54) is 30.6 Å². The van der Waals surface area contributed by atoms with E-state index in [0.717, 1.165) is 0 Å². The molecule has 2 rings (SSSR count). The minimum atomic E-state index is -5.08. The number of carboxylic acid groups (broad SMARTS) is 1. The van der Waals surface area contributed by atoms with Crippen LogP contribution in [0.4, 0.5) is 29.1 Å². The molecule has 134 valence electrons. The maximum atomic E-state index is 13.0. The summed E-state index contributed by atoms with van der Waals surface area (Å²) in [6, 6.07) is 4.03. The molecule has 2 aromatic rings. The molecule has 12 heteroatoms. The summed E-state index contributed by atoms with van der Waals surface area (Å²) in [5.41, 5.74) is 5.63. The fraction of sp³-hybridized carbons (Fsp3) is 0.0769. The summed E-state index contributed by atoms with van der Waals surface area (Å²) in [7, 11) is 0. The number of amides is 1. The lowest BCUT2D eigenvalue weighted by molar-refractivity contribution is -0.192. The van der Waals surface area contributed by atoms with Crippen molar-refractivity contribution < 1.29 is 32.3 Å². The summed E-state index contributed by atoms with van der Waals surface area (Å²) in [5.74, 6) is -3.81. The Labute approximate surface area is 142 Å². The molecule has 7 nitrogen and oxygen atoms in total. The van der Waals surface area contributed by atoms with Gasteiger partial charge in [0.2, 0.25) is 0 Å². The Kier molecular flexibility index (Phi) is 6.62. The lowest BCUT2D eigenvalue weighted by Crippen LogP contribution is -2.21. The van der Waals surface area contributed by atoms with Crippen LogP contribution in [0, 0.1) is 5.82 Å². The quantitative estimate of drug-likeness (QED) is 0.705. The molecule has 1 heterocycles. The Hall–Kier alpha value is -2.95. The van der Waals surface area contributed by atoms with Crippen LogP contribution < -0.4 is 11.1 Å². The lowest BCUT2D eigenvalue weighted by Gasteiger charge is -2.08. The van der Waals surface area contributed by atoms with Crippen molar-refractivity contribution in [1.29, 1.82) is 0 Å². The molecule has 1 aromatic carbocycles. The van der Waals surface area contributed by atoms with Crippen molar-refractivity contribution in [1.82, 2.24) is 9.97 Å². The molecule has 0 bridgehead atoms.